The average molecular weight is 373 g/mol. The number of hydrogen-bond donors (Lipinski definition) is 1. The molecule has 0 unspecified atom stereocenters. The number of aryl methyl sites for hydroxylation is 1. The number of amides is 1. The van der Waals surface area contributed by atoms with E-state index in [1.165, 1.54) is 17.7 Å². The molecule has 1 fully saturated rings. The Hall–Kier alpha value is -2.47. The summed E-state index contributed by atoms with van der Waals surface area (Å²) in [5, 5.41) is 4.78. The maximum Gasteiger partial charge on any atom is 0.217 e. The van der Waals surface area contributed by atoms with Crippen molar-refractivity contribution in [3.8, 4) is 11.3 Å². The fourth-order valence-corrected chi connectivity index (χ4v) is 3.51. The van der Waals surface area contributed by atoms with Gasteiger partial charge in [-0.2, -0.15) is 5.10 Å². The lowest BCUT2D eigenvalue weighted by Crippen LogP contribution is -2.12. The second kappa shape index (κ2) is 6.68. The highest BCUT2D eigenvalue weighted by atomic mass is 35.5. The summed E-state index contributed by atoms with van der Waals surface area (Å²) < 4.78 is 15.3. The first-order valence-electron chi connectivity index (χ1n) is 8.63. The minimum absolute atomic E-state index is 0.310. The van der Waals surface area contributed by atoms with Crippen LogP contribution in [0.15, 0.2) is 30.5 Å². The molecule has 0 spiro atoms. The maximum atomic E-state index is 13.4. The van der Waals surface area contributed by atoms with Crippen LogP contribution in [0.25, 0.3) is 22.3 Å². The number of primary amides is 1. The predicted octanol–water partition coefficient (Wildman–Crippen LogP) is 4.03. The van der Waals surface area contributed by atoms with Crippen LogP contribution in [-0.4, -0.2) is 20.7 Å². The van der Waals surface area contributed by atoms with Gasteiger partial charge in [-0.1, -0.05) is 11.6 Å². The lowest BCUT2D eigenvalue weighted by molar-refractivity contribution is -0.118. The summed E-state index contributed by atoms with van der Waals surface area (Å²) in [6.45, 7) is 0.616. The lowest BCUT2D eigenvalue weighted by atomic mass is 10.0. The zero-order valence-corrected chi connectivity index (χ0v) is 14.8. The van der Waals surface area contributed by atoms with E-state index in [0.717, 1.165) is 29.6 Å². The van der Waals surface area contributed by atoms with Crippen molar-refractivity contribution in [2.45, 2.75) is 38.1 Å². The van der Waals surface area contributed by atoms with Crippen molar-refractivity contribution in [3.05, 3.63) is 46.9 Å². The Morgan fingerprint density at radius 3 is 2.85 bits per heavy atom. The molecule has 2 N–H and O–H groups in total. The first-order chi connectivity index (χ1) is 12.5. The standard InChI is InChI=1S/C19H18ClFN4O/c20-15-8-12(21)5-6-13(15)16-9-14(11-3-4-11)19-17(24-16)10-23-25(19)7-1-2-18(22)26/h5-6,8-11H,1-4,7H2,(H2,22,26). The van der Waals surface area contributed by atoms with Crippen LogP contribution in [0.4, 0.5) is 4.39 Å². The fraction of sp³-hybridized carbons (Fsp3) is 0.316. The molecule has 3 aromatic rings. The number of rotatable bonds is 6. The van der Waals surface area contributed by atoms with Crippen LogP contribution >= 0.6 is 11.6 Å². The van der Waals surface area contributed by atoms with E-state index >= 15 is 0 Å². The van der Waals surface area contributed by atoms with Gasteiger partial charge in [0.15, 0.2) is 0 Å². The minimum Gasteiger partial charge on any atom is -0.370 e. The van der Waals surface area contributed by atoms with Gasteiger partial charge in [-0.05, 0) is 55.0 Å². The third kappa shape index (κ3) is 3.29. The number of aromatic nitrogens is 3. The minimum atomic E-state index is -0.371. The van der Waals surface area contributed by atoms with Gasteiger partial charge in [0.1, 0.15) is 11.3 Å². The van der Waals surface area contributed by atoms with Crippen molar-refractivity contribution >= 4 is 28.5 Å². The summed E-state index contributed by atoms with van der Waals surface area (Å²) >= 11 is 6.22. The summed E-state index contributed by atoms with van der Waals surface area (Å²) in [5.74, 6) is -0.204. The van der Waals surface area contributed by atoms with Gasteiger partial charge in [0.25, 0.3) is 0 Å². The molecule has 0 atom stereocenters. The lowest BCUT2D eigenvalue weighted by Gasteiger charge is -2.10. The normalized spacial score (nSPS) is 14.1. The number of hydrogen-bond acceptors (Lipinski definition) is 3. The molecule has 5 nitrogen and oxygen atoms in total. The summed E-state index contributed by atoms with van der Waals surface area (Å²) in [6.07, 6.45) is 4.95. The summed E-state index contributed by atoms with van der Waals surface area (Å²) in [4.78, 5) is 15.7. The smallest absolute Gasteiger partial charge is 0.217 e. The van der Waals surface area contributed by atoms with Crippen molar-refractivity contribution in [2.75, 3.05) is 0 Å². The summed E-state index contributed by atoms with van der Waals surface area (Å²) in [7, 11) is 0. The highest BCUT2D eigenvalue weighted by Crippen LogP contribution is 2.44. The monoisotopic (exact) mass is 372 g/mol. The van der Waals surface area contributed by atoms with E-state index in [0.29, 0.717) is 35.9 Å². The Bertz CT molecular complexity index is 997. The number of nitrogens with zero attached hydrogens (tertiary/aromatic N) is 3. The van der Waals surface area contributed by atoms with Crippen LogP contribution in [0.2, 0.25) is 5.02 Å². The van der Waals surface area contributed by atoms with Gasteiger partial charge < -0.3 is 5.73 Å². The predicted molar refractivity (Wildman–Crippen MR) is 98.3 cm³/mol. The Morgan fingerprint density at radius 1 is 1.35 bits per heavy atom. The number of pyridine rings is 1. The van der Waals surface area contributed by atoms with Crippen LogP contribution in [0.3, 0.4) is 0 Å². The van der Waals surface area contributed by atoms with Crippen LogP contribution in [0.1, 0.15) is 37.2 Å². The molecule has 1 aromatic carbocycles. The molecule has 0 aliphatic heterocycles. The molecule has 0 radical (unpaired) electrons. The average Bonchev–Trinajstić information content (AvgIpc) is 3.35. The second-order valence-electron chi connectivity index (χ2n) is 6.67. The number of benzene rings is 1. The number of halogens is 2. The fourth-order valence-electron chi connectivity index (χ4n) is 3.25. The van der Waals surface area contributed by atoms with Gasteiger partial charge in [0.05, 0.1) is 22.4 Å². The molecule has 0 bridgehead atoms. The van der Waals surface area contributed by atoms with Gasteiger partial charge >= 0.3 is 0 Å². The third-order valence-corrected chi connectivity index (χ3v) is 4.96. The molecule has 134 valence electrons. The number of carbonyl (C=O) groups is 1. The Labute approximate surface area is 155 Å². The van der Waals surface area contributed by atoms with Crippen LogP contribution < -0.4 is 5.73 Å². The molecule has 26 heavy (non-hydrogen) atoms. The molecule has 7 heteroatoms. The van der Waals surface area contributed by atoms with Crippen molar-refractivity contribution in [1.29, 1.82) is 0 Å². The highest BCUT2D eigenvalue weighted by Gasteiger charge is 2.28. The number of carbonyl (C=O) groups excluding carboxylic acids is 1. The quantitative estimate of drug-likeness (QED) is 0.709. The topological polar surface area (TPSA) is 73.8 Å². The zero-order chi connectivity index (χ0) is 18.3. The largest absolute Gasteiger partial charge is 0.370 e. The van der Waals surface area contributed by atoms with Gasteiger partial charge in [0.2, 0.25) is 5.91 Å². The molecular weight excluding hydrogens is 355 g/mol. The SMILES string of the molecule is NC(=O)CCCn1ncc2nc(-c3ccc(F)cc3Cl)cc(C3CC3)c21. The third-order valence-electron chi connectivity index (χ3n) is 4.64. The maximum absolute atomic E-state index is 13.4. The van der Waals surface area contributed by atoms with E-state index in [-0.39, 0.29) is 11.7 Å². The van der Waals surface area contributed by atoms with Crippen molar-refractivity contribution in [3.63, 3.8) is 0 Å². The molecule has 1 aliphatic carbocycles. The Balaban J connectivity index is 1.77. The Morgan fingerprint density at radius 2 is 2.15 bits per heavy atom. The van der Waals surface area contributed by atoms with Crippen molar-refractivity contribution in [2.24, 2.45) is 5.73 Å². The summed E-state index contributed by atoms with van der Waals surface area (Å²) in [5.41, 5.74) is 9.61. The number of fused-ring (bicyclic) bond motifs is 1. The first kappa shape index (κ1) is 17.0. The zero-order valence-electron chi connectivity index (χ0n) is 14.1. The Kier molecular flexibility index (Phi) is 4.36. The molecule has 1 aliphatic rings. The van der Waals surface area contributed by atoms with E-state index in [2.05, 4.69) is 10.1 Å². The van der Waals surface area contributed by atoms with Crippen molar-refractivity contribution < 1.29 is 9.18 Å². The van der Waals surface area contributed by atoms with Crippen LogP contribution in [0, 0.1) is 5.82 Å². The van der Waals surface area contributed by atoms with Gasteiger partial charge in [-0.15, -0.1) is 0 Å². The second-order valence-corrected chi connectivity index (χ2v) is 7.07. The van der Waals surface area contributed by atoms with E-state index in [9.17, 15) is 9.18 Å². The number of nitrogens with two attached hydrogens (primary N) is 1. The molecule has 1 amide bonds. The van der Waals surface area contributed by atoms with E-state index in [1.54, 1.807) is 12.3 Å². The molecular formula is C19H18ClFN4O. The van der Waals surface area contributed by atoms with Crippen molar-refractivity contribution in [1.82, 2.24) is 14.8 Å². The molecule has 1 saturated carbocycles. The van der Waals surface area contributed by atoms with Crippen LogP contribution in [-0.2, 0) is 11.3 Å². The molecule has 0 saturated heterocycles. The van der Waals surface area contributed by atoms with Gasteiger partial charge in [0, 0.05) is 18.5 Å². The first-order valence-corrected chi connectivity index (χ1v) is 9.01. The molecule has 2 aromatic heterocycles. The highest BCUT2D eigenvalue weighted by molar-refractivity contribution is 6.33. The molecule has 2 heterocycles. The van der Waals surface area contributed by atoms with E-state index < -0.39 is 0 Å². The van der Waals surface area contributed by atoms with Gasteiger partial charge in [-0.3, -0.25) is 9.48 Å². The van der Waals surface area contributed by atoms with Gasteiger partial charge in [-0.25, -0.2) is 9.37 Å². The van der Waals surface area contributed by atoms with E-state index in [1.807, 2.05) is 10.7 Å². The summed E-state index contributed by atoms with van der Waals surface area (Å²) in [6, 6.07) is 6.37. The van der Waals surface area contributed by atoms with E-state index in [4.69, 9.17) is 17.3 Å². The van der Waals surface area contributed by atoms with Crippen LogP contribution in [0.5, 0.6) is 0 Å². The molecule has 4 rings (SSSR count).